The average molecular weight is 359 g/mol. The SMILES string of the molecule is CN1CCc2ccc(C(=O)N3Cc4[nH]cnc4C(c4ccccc4)C3)nc21. The van der Waals surface area contributed by atoms with Gasteiger partial charge in [0.1, 0.15) is 11.5 Å². The number of pyridine rings is 1. The van der Waals surface area contributed by atoms with Crippen LogP contribution in [-0.2, 0) is 13.0 Å². The molecule has 1 amide bonds. The van der Waals surface area contributed by atoms with Crippen LogP contribution >= 0.6 is 0 Å². The van der Waals surface area contributed by atoms with Gasteiger partial charge in [-0.2, -0.15) is 0 Å². The second kappa shape index (κ2) is 6.23. The molecule has 6 heteroatoms. The summed E-state index contributed by atoms with van der Waals surface area (Å²) in [4.78, 5) is 29.6. The maximum absolute atomic E-state index is 13.2. The zero-order chi connectivity index (χ0) is 18.4. The summed E-state index contributed by atoms with van der Waals surface area (Å²) in [5.41, 5.74) is 4.93. The Labute approximate surface area is 157 Å². The molecule has 0 bridgehead atoms. The predicted octanol–water partition coefficient (Wildman–Crippen LogP) is 2.58. The van der Waals surface area contributed by atoms with Gasteiger partial charge in [0, 0.05) is 26.1 Å². The van der Waals surface area contributed by atoms with Crippen molar-refractivity contribution in [3.8, 4) is 0 Å². The van der Waals surface area contributed by atoms with Crippen LogP contribution in [-0.4, -0.2) is 45.9 Å². The fraction of sp³-hybridized carbons (Fsp3) is 0.286. The van der Waals surface area contributed by atoms with E-state index in [2.05, 4.69) is 32.0 Å². The lowest BCUT2D eigenvalue weighted by Crippen LogP contribution is -2.39. The number of nitrogens with zero attached hydrogens (tertiary/aromatic N) is 4. The third-order valence-electron chi connectivity index (χ3n) is 5.58. The Morgan fingerprint density at radius 1 is 1.19 bits per heavy atom. The molecule has 5 rings (SSSR count). The van der Waals surface area contributed by atoms with E-state index in [4.69, 9.17) is 0 Å². The summed E-state index contributed by atoms with van der Waals surface area (Å²) in [5, 5.41) is 0. The summed E-state index contributed by atoms with van der Waals surface area (Å²) < 4.78 is 0. The van der Waals surface area contributed by atoms with Gasteiger partial charge in [-0.25, -0.2) is 9.97 Å². The molecule has 0 aliphatic carbocycles. The molecular formula is C21H21N5O. The van der Waals surface area contributed by atoms with E-state index >= 15 is 0 Å². The number of anilines is 1. The molecule has 4 heterocycles. The standard InChI is InChI=1S/C21H21N5O/c1-25-10-9-15-7-8-17(24-20(15)25)21(27)26-11-16(14-5-3-2-4-6-14)19-18(12-26)22-13-23-19/h2-8,13,16H,9-12H2,1H3,(H,22,23). The van der Waals surface area contributed by atoms with E-state index in [0.29, 0.717) is 18.8 Å². The van der Waals surface area contributed by atoms with Crippen LogP contribution in [0.2, 0.25) is 0 Å². The summed E-state index contributed by atoms with van der Waals surface area (Å²) >= 11 is 0. The van der Waals surface area contributed by atoms with Gasteiger partial charge in [0.2, 0.25) is 0 Å². The van der Waals surface area contributed by atoms with E-state index < -0.39 is 0 Å². The maximum atomic E-state index is 13.2. The Kier molecular flexibility index (Phi) is 3.70. The zero-order valence-corrected chi connectivity index (χ0v) is 15.2. The summed E-state index contributed by atoms with van der Waals surface area (Å²) in [7, 11) is 2.02. The van der Waals surface area contributed by atoms with Crippen molar-refractivity contribution in [1.29, 1.82) is 0 Å². The van der Waals surface area contributed by atoms with E-state index in [1.807, 2.05) is 42.3 Å². The van der Waals surface area contributed by atoms with Crippen LogP contribution in [0.4, 0.5) is 5.82 Å². The molecule has 2 aliphatic heterocycles. The molecule has 1 aromatic carbocycles. The average Bonchev–Trinajstić information content (AvgIpc) is 3.34. The molecule has 0 spiro atoms. The minimum absolute atomic E-state index is 0.0284. The third-order valence-corrected chi connectivity index (χ3v) is 5.58. The van der Waals surface area contributed by atoms with Crippen molar-refractivity contribution in [1.82, 2.24) is 19.9 Å². The Morgan fingerprint density at radius 2 is 2.04 bits per heavy atom. The molecular weight excluding hydrogens is 338 g/mol. The fourth-order valence-electron chi connectivity index (χ4n) is 4.10. The zero-order valence-electron chi connectivity index (χ0n) is 15.2. The minimum atomic E-state index is -0.0284. The number of rotatable bonds is 2. The smallest absolute Gasteiger partial charge is 0.272 e. The molecule has 0 fully saturated rings. The van der Waals surface area contributed by atoms with Gasteiger partial charge in [-0.05, 0) is 23.6 Å². The van der Waals surface area contributed by atoms with Gasteiger partial charge < -0.3 is 14.8 Å². The summed E-state index contributed by atoms with van der Waals surface area (Å²) in [5.74, 6) is 0.973. The number of aromatic nitrogens is 3. The van der Waals surface area contributed by atoms with Gasteiger partial charge in [-0.15, -0.1) is 0 Å². The minimum Gasteiger partial charge on any atom is -0.359 e. The number of likely N-dealkylation sites (N-methyl/N-ethyl adjacent to an activating group) is 1. The van der Waals surface area contributed by atoms with Gasteiger partial charge in [0.25, 0.3) is 5.91 Å². The van der Waals surface area contributed by atoms with Crippen molar-refractivity contribution < 1.29 is 4.79 Å². The first-order valence-corrected chi connectivity index (χ1v) is 9.28. The number of H-pyrrole nitrogens is 1. The molecule has 27 heavy (non-hydrogen) atoms. The number of hydrogen-bond donors (Lipinski definition) is 1. The highest BCUT2D eigenvalue weighted by Crippen LogP contribution is 2.32. The highest BCUT2D eigenvalue weighted by atomic mass is 16.2. The Morgan fingerprint density at radius 3 is 2.89 bits per heavy atom. The summed E-state index contributed by atoms with van der Waals surface area (Å²) in [6, 6.07) is 14.2. The lowest BCUT2D eigenvalue weighted by Gasteiger charge is -2.32. The first-order valence-electron chi connectivity index (χ1n) is 9.28. The van der Waals surface area contributed by atoms with E-state index in [9.17, 15) is 4.79 Å². The van der Waals surface area contributed by atoms with Crippen LogP contribution < -0.4 is 4.90 Å². The van der Waals surface area contributed by atoms with Gasteiger partial charge in [-0.1, -0.05) is 36.4 Å². The van der Waals surface area contributed by atoms with Crippen LogP contribution in [0.15, 0.2) is 48.8 Å². The van der Waals surface area contributed by atoms with Crippen molar-refractivity contribution in [3.05, 3.63) is 77.0 Å². The number of amides is 1. The molecule has 0 radical (unpaired) electrons. The van der Waals surface area contributed by atoms with E-state index in [0.717, 1.165) is 30.2 Å². The van der Waals surface area contributed by atoms with Crippen molar-refractivity contribution in [2.75, 3.05) is 25.0 Å². The maximum Gasteiger partial charge on any atom is 0.272 e. The second-order valence-electron chi connectivity index (χ2n) is 7.27. The molecule has 2 aliphatic rings. The van der Waals surface area contributed by atoms with Crippen LogP contribution in [0.1, 0.15) is 38.9 Å². The van der Waals surface area contributed by atoms with Crippen LogP contribution in [0, 0.1) is 0 Å². The van der Waals surface area contributed by atoms with Gasteiger partial charge in [-0.3, -0.25) is 4.79 Å². The van der Waals surface area contributed by atoms with Crippen molar-refractivity contribution >= 4 is 11.7 Å². The highest BCUT2D eigenvalue weighted by molar-refractivity contribution is 5.93. The van der Waals surface area contributed by atoms with E-state index in [1.54, 1.807) is 6.33 Å². The lowest BCUT2D eigenvalue weighted by molar-refractivity contribution is 0.0716. The van der Waals surface area contributed by atoms with E-state index in [1.165, 1.54) is 11.1 Å². The Balaban J connectivity index is 1.48. The molecule has 1 unspecified atom stereocenters. The quantitative estimate of drug-likeness (QED) is 0.764. The molecule has 2 aromatic heterocycles. The van der Waals surface area contributed by atoms with Gasteiger partial charge >= 0.3 is 0 Å². The van der Waals surface area contributed by atoms with Crippen molar-refractivity contribution in [2.24, 2.45) is 0 Å². The monoisotopic (exact) mass is 359 g/mol. The van der Waals surface area contributed by atoms with Gasteiger partial charge in [0.05, 0.1) is 24.3 Å². The second-order valence-corrected chi connectivity index (χ2v) is 7.27. The topological polar surface area (TPSA) is 65.1 Å². The molecule has 6 nitrogen and oxygen atoms in total. The normalized spacial score (nSPS) is 18.3. The first-order chi connectivity index (χ1) is 13.2. The summed E-state index contributed by atoms with van der Waals surface area (Å²) in [6.45, 7) is 2.10. The number of carbonyl (C=O) groups excluding carboxylic acids is 1. The molecule has 0 saturated carbocycles. The summed E-state index contributed by atoms with van der Waals surface area (Å²) in [6.07, 6.45) is 2.71. The molecule has 1 N–H and O–H groups in total. The first kappa shape index (κ1) is 16.1. The largest absolute Gasteiger partial charge is 0.359 e. The number of hydrogen-bond acceptors (Lipinski definition) is 4. The third kappa shape index (κ3) is 2.68. The number of fused-ring (bicyclic) bond motifs is 2. The van der Waals surface area contributed by atoms with E-state index in [-0.39, 0.29) is 11.8 Å². The van der Waals surface area contributed by atoms with Crippen LogP contribution in [0.25, 0.3) is 0 Å². The van der Waals surface area contributed by atoms with Crippen LogP contribution in [0.3, 0.4) is 0 Å². The lowest BCUT2D eigenvalue weighted by atomic mass is 9.91. The van der Waals surface area contributed by atoms with Gasteiger partial charge in [0.15, 0.2) is 0 Å². The van der Waals surface area contributed by atoms with Crippen molar-refractivity contribution in [3.63, 3.8) is 0 Å². The number of nitrogens with one attached hydrogen (secondary N) is 1. The predicted molar refractivity (Wildman–Crippen MR) is 103 cm³/mol. The Bertz CT molecular complexity index is 997. The van der Waals surface area contributed by atoms with Crippen LogP contribution in [0.5, 0.6) is 0 Å². The number of imidazole rings is 1. The molecule has 3 aromatic rings. The number of aromatic amines is 1. The van der Waals surface area contributed by atoms with Crippen molar-refractivity contribution in [2.45, 2.75) is 18.9 Å². The molecule has 0 saturated heterocycles. The Hall–Kier alpha value is -3.15. The highest BCUT2D eigenvalue weighted by Gasteiger charge is 2.32. The fourth-order valence-corrected chi connectivity index (χ4v) is 4.10. The number of benzene rings is 1. The number of carbonyl (C=O) groups is 1. The molecule has 1 atom stereocenters. The molecule has 136 valence electrons.